The van der Waals surface area contributed by atoms with E-state index in [1.54, 1.807) is 0 Å². The molecule has 0 atom stereocenters. The Morgan fingerprint density at radius 3 is 2.24 bits per heavy atom. The summed E-state index contributed by atoms with van der Waals surface area (Å²) in [5.41, 5.74) is 8.55. The number of rotatable bonds is 6. The van der Waals surface area contributed by atoms with Crippen LogP contribution in [0.3, 0.4) is 0 Å². The molecule has 2 aromatic carbocycles. The Bertz CT molecular complexity index is 1450. The number of hydrogen-bond donors (Lipinski definition) is 0. The number of fused-ring (bicyclic) bond motifs is 2. The molecule has 4 rings (SSSR count). The quantitative estimate of drug-likeness (QED) is 0.180. The molecular formula is C34H40NO2Si+. The smallest absolute Gasteiger partial charge is 0.338 e. The second-order valence-electron chi connectivity index (χ2n) is 11.8. The largest absolute Gasteiger partial charge is 0.456 e. The van der Waals surface area contributed by atoms with Crippen molar-refractivity contribution in [3.05, 3.63) is 119 Å². The Hall–Kier alpha value is -3.50. The van der Waals surface area contributed by atoms with Crippen molar-refractivity contribution < 1.29 is 14.1 Å². The Labute approximate surface area is 229 Å². The third-order valence-electron chi connectivity index (χ3n) is 7.26. The van der Waals surface area contributed by atoms with E-state index in [9.17, 15) is 4.79 Å². The van der Waals surface area contributed by atoms with Crippen molar-refractivity contribution in [2.75, 3.05) is 13.1 Å². The van der Waals surface area contributed by atoms with Crippen molar-refractivity contribution >= 4 is 30.5 Å². The van der Waals surface area contributed by atoms with Crippen molar-refractivity contribution in [2.45, 2.75) is 53.3 Å². The normalized spacial score (nSPS) is 15.9. The summed E-state index contributed by atoms with van der Waals surface area (Å²) in [6.45, 7) is 24.3. The lowest BCUT2D eigenvalue weighted by Crippen LogP contribution is -2.49. The molecule has 2 aliphatic rings. The lowest BCUT2D eigenvalue weighted by molar-refractivity contribution is -0.505. The van der Waals surface area contributed by atoms with Crippen LogP contribution in [0.25, 0.3) is 5.57 Å². The van der Waals surface area contributed by atoms with Crippen LogP contribution in [0.1, 0.15) is 53.4 Å². The number of benzene rings is 2. The molecule has 0 fully saturated rings. The molecule has 0 aromatic heterocycles. The highest BCUT2D eigenvalue weighted by molar-refractivity contribution is 6.98. The minimum atomic E-state index is -2.01. The van der Waals surface area contributed by atoms with Gasteiger partial charge in [-0.3, -0.25) is 0 Å². The molecule has 2 aromatic rings. The van der Waals surface area contributed by atoms with Crippen LogP contribution >= 0.6 is 0 Å². The highest BCUT2D eigenvalue weighted by atomic mass is 28.3. The number of carbonyl (C=O) groups is 1. The average Bonchev–Trinajstić information content (AvgIpc) is 2.84. The topological polar surface area (TPSA) is 29.3 Å². The van der Waals surface area contributed by atoms with Crippen molar-refractivity contribution in [1.82, 2.24) is 0 Å². The molecule has 0 spiro atoms. The Morgan fingerprint density at radius 2 is 1.63 bits per heavy atom. The van der Waals surface area contributed by atoms with Crippen LogP contribution < -0.4 is 5.19 Å². The first-order valence-electron chi connectivity index (χ1n) is 13.3. The molecule has 0 bridgehead atoms. The zero-order valence-corrected chi connectivity index (χ0v) is 24.9. The molecule has 1 heterocycles. The van der Waals surface area contributed by atoms with E-state index in [-0.39, 0.29) is 5.97 Å². The number of carbonyl (C=O) groups excluding carboxylic acids is 1. The standard InChI is InChI=1S/C34H40NO2Si/c1-10-18-35(19-11-2)26-14-17-29-31(22-26)38(8,9)30-20-23(3)12-15-28(30)32(29)27-16-13-25(21-24(27)4)33(36)37-34(5,6)7/h10-17,20-22H,1-2,18-19H2,3-9H3/q+1. The van der Waals surface area contributed by atoms with Crippen LogP contribution in [0.5, 0.6) is 0 Å². The third kappa shape index (κ3) is 5.23. The minimum Gasteiger partial charge on any atom is -0.456 e. The van der Waals surface area contributed by atoms with E-state index in [1.807, 2.05) is 45.1 Å². The summed E-state index contributed by atoms with van der Waals surface area (Å²) in [6, 6.07) is 12.8. The molecule has 1 aliphatic carbocycles. The summed E-state index contributed by atoms with van der Waals surface area (Å²) >= 11 is 0. The number of hydrogen-bond acceptors (Lipinski definition) is 2. The molecule has 0 amide bonds. The molecule has 38 heavy (non-hydrogen) atoms. The molecule has 0 radical (unpaired) electrons. The van der Waals surface area contributed by atoms with Crippen molar-refractivity contribution in [2.24, 2.45) is 0 Å². The van der Waals surface area contributed by atoms with Gasteiger partial charge in [0.2, 0.25) is 0 Å². The van der Waals surface area contributed by atoms with E-state index in [2.05, 4.69) is 87.2 Å². The van der Waals surface area contributed by atoms with Crippen LogP contribution in [-0.2, 0) is 4.74 Å². The molecular weight excluding hydrogens is 482 g/mol. The first kappa shape index (κ1) is 27.5. The van der Waals surface area contributed by atoms with Gasteiger partial charge in [-0.15, -0.1) is 0 Å². The van der Waals surface area contributed by atoms with E-state index in [1.165, 1.54) is 38.4 Å². The van der Waals surface area contributed by atoms with Gasteiger partial charge in [0.15, 0.2) is 18.8 Å². The van der Waals surface area contributed by atoms with Gasteiger partial charge in [-0.1, -0.05) is 56.1 Å². The van der Waals surface area contributed by atoms with E-state index < -0.39 is 13.7 Å². The Morgan fingerprint density at radius 1 is 0.974 bits per heavy atom. The zero-order valence-electron chi connectivity index (χ0n) is 23.9. The summed E-state index contributed by atoms with van der Waals surface area (Å²) in [6.07, 6.45) is 10.8. The van der Waals surface area contributed by atoms with Crippen molar-refractivity contribution in [1.29, 1.82) is 0 Å². The molecule has 196 valence electrons. The van der Waals surface area contributed by atoms with Gasteiger partial charge in [0.05, 0.1) is 5.56 Å². The molecule has 0 saturated heterocycles. The highest BCUT2D eigenvalue weighted by Gasteiger charge is 2.40. The fourth-order valence-corrected chi connectivity index (χ4v) is 8.59. The second kappa shape index (κ2) is 10.3. The van der Waals surface area contributed by atoms with Gasteiger partial charge in [0.1, 0.15) is 13.7 Å². The number of aryl methyl sites for hydroxylation is 2. The highest BCUT2D eigenvalue weighted by Crippen LogP contribution is 2.42. The van der Waals surface area contributed by atoms with E-state index >= 15 is 0 Å². The van der Waals surface area contributed by atoms with E-state index in [0.717, 1.165) is 24.2 Å². The maximum absolute atomic E-state index is 12.8. The summed E-state index contributed by atoms with van der Waals surface area (Å²) in [7, 11) is -2.01. The number of ether oxygens (including phenoxy) is 1. The molecule has 0 unspecified atom stereocenters. The zero-order chi connectivity index (χ0) is 27.8. The Balaban J connectivity index is 1.96. The summed E-state index contributed by atoms with van der Waals surface area (Å²) < 4.78 is 7.94. The van der Waals surface area contributed by atoms with Gasteiger partial charge < -0.3 is 4.74 Å². The van der Waals surface area contributed by atoms with Gasteiger partial charge in [-0.25, -0.2) is 9.37 Å². The average molecular weight is 523 g/mol. The lowest BCUT2D eigenvalue weighted by Gasteiger charge is -2.38. The van der Waals surface area contributed by atoms with Gasteiger partial charge in [0, 0.05) is 12.2 Å². The van der Waals surface area contributed by atoms with Gasteiger partial charge >= 0.3 is 5.97 Å². The fourth-order valence-electron chi connectivity index (χ4n) is 5.44. The summed E-state index contributed by atoms with van der Waals surface area (Å²) in [4.78, 5) is 12.8. The van der Waals surface area contributed by atoms with Crippen molar-refractivity contribution in [3.8, 4) is 0 Å². The summed E-state index contributed by atoms with van der Waals surface area (Å²) in [5.74, 6) is -0.292. The first-order valence-corrected chi connectivity index (χ1v) is 16.3. The number of allylic oxidation sites excluding steroid dienone is 5. The first-order chi connectivity index (χ1) is 17.9. The molecule has 3 nitrogen and oxygen atoms in total. The van der Waals surface area contributed by atoms with Crippen LogP contribution in [0.15, 0.2) is 90.7 Å². The van der Waals surface area contributed by atoms with Crippen LogP contribution in [0.4, 0.5) is 0 Å². The third-order valence-corrected chi connectivity index (χ3v) is 10.8. The lowest BCUT2D eigenvalue weighted by atomic mass is 9.87. The predicted molar refractivity (Wildman–Crippen MR) is 163 cm³/mol. The molecule has 1 aliphatic heterocycles. The van der Waals surface area contributed by atoms with Crippen LogP contribution in [-0.4, -0.2) is 43.0 Å². The molecule has 4 heteroatoms. The second-order valence-corrected chi connectivity index (χ2v) is 16.1. The van der Waals surface area contributed by atoms with Gasteiger partial charge in [0.25, 0.3) is 0 Å². The number of nitrogens with zero attached hydrogens (tertiary/aromatic N) is 1. The van der Waals surface area contributed by atoms with Crippen LogP contribution in [0, 0.1) is 13.8 Å². The summed E-state index contributed by atoms with van der Waals surface area (Å²) in [5, 5.41) is 2.88. The molecule has 0 N–H and O–H groups in total. The van der Waals surface area contributed by atoms with Crippen LogP contribution in [0.2, 0.25) is 13.1 Å². The van der Waals surface area contributed by atoms with E-state index in [0.29, 0.717) is 5.56 Å². The van der Waals surface area contributed by atoms with E-state index in [4.69, 9.17) is 4.74 Å². The monoisotopic (exact) mass is 522 g/mol. The predicted octanol–water partition coefficient (Wildman–Crippen LogP) is 6.85. The molecule has 0 saturated carbocycles. The Kier molecular flexibility index (Phi) is 7.49. The minimum absolute atomic E-state index is 0.292. The van der Waals surface area contributed by atoms with Gasteiger partial charge in [-0.2, -0.15) is 0 Å². The van der Waals surface area contributed by atoms with Crippen molar-refractivity contribution in [3.63, 3.8) is 0 Å². The SMILES string of the molecule is C=CC[N+](CC=C)=C1C=CC2=C(c3ccc(C(=O)OC(C)(C)C)cc3C)c3ccc(C)cc3[Si](C)(C)C2=C1. The maximum atomic E-state index is 12.8. The fraction of sp³-hybridized carbons (Fsp3) is 0.294. The number of esters is 1. The maximum Gasteiger partial charge on any atom is 0.338 e. The van der Waals surface area contributed by atoms with Gasteiger partial charge in [-0.05, 0) is 103 Å².